The Labute approximate surface area is 130 Å². The monoisotopic (exact) mass is 296 g/mol. The van der Waals surface area contributed by atoms with E-state index in [1.165, 1.54) is 7.11 Å². The minimum absolute atomic E-state index is 0.355. The summed E-state index contributed by atoms with van der Waals surface area (Å²) < 4.78 is 6.85. The van der Waals surface area contributed by atoms with Crippen LogP contribution in [0.15, 0.2) is 48.8 Å². The van der Waals surface area contributed by atoms with E-state index < -0.39 is 0 Å². The summed E-state index contributed by atoms with van der Waals surface area (Å²) in [5.41, 5.74) is 4.10. The summed E-state index contributed by atoms with van der Waals surface area (Å²) in [5, 5.41) is 0. The predicted molar refractivity (Wildman–Crippen MR) is 88.1 cm³/mol. The summed E-state index contributed by atoms with van der Waals surface area (Å²) >= 11 is 0. The highest BCUT2D eigenvalue weighted by Crippen LogP contribution is 2.26. The lowest BCUT2D eigenvalue weighted by Crippen LogP contribution is -2.05. The lowest BCUT2D eigenvalue weighted by molar-refractivity contribution is 0.0601. The fourth-order valence-electron chi connectivity index (χ4n) is 2.27. The highest BCUT2D eigenvalue weighted by molar-refractivity contribution is 5.98. The number of nitrogens with zero attached hydrogens (tertiary/aromatic N) is 2. The van der Waals surface area contributed by atoms with Crippen molar-refractivity contribution >= 4 is 11.6 Å². The zero-order valence-electron chi connectivity index (χ0n) is 13.3. The van der Waals surface area contributed by atoms with Gasteiger partial charge in [0.25, 0.3) is 0 Å². The van der Waals surface area contributed by atoms with E-state index >= 15 is 0 Å². The fourth-order valence-corrected chi connectivity index (χ4v) is 2.27. The van der Waals surface area contributed by atoms with Gasteiger partial charge in [0, 0.05) is 23.7 Å². The van der Waals surface area contributed by atoms with Gasteiger partial charge in [-0.1, -0.05) is 44.2 Å². The van der Waals surface area contributed by atoms with E-state index in [9.17, 15) is 4.79 Å². The summed E-state index contributed by atoms with van der Waals surface area (Å²) in [6, 6.07) is 11.5. The Bertz CT molecular complexity index is 776. The van der Waals surface area contributed by atoms with Crippen LogP contribution in [0.5, 0.6) is 0 Å². The van der Waals surface area contributed by atoms with Crippen molar-refractivity contribution in [3.63, 3.8) is 0 Å². The van der Waals surface area contributed by atoms with E-state index in [0.29, 0.717) is 5.56 Å². The van der Waals surface area contributed by atoms with Crippen LogP contribution in [0.4, 0.5) is 0 Å². The first-order chi connectivity index (χ1) is 10.7. The molecule has 0 saturated heterocycles. The maximum Gasteiger partial charge on any atom is 0.338 e. The van der Waals surface area contributed by atoms with E-state index in [1.807, 2.05) is 61.7 Å². The quantitative estimate of drug-likeness (QED) is 0.668. The topological polar surface area (TPSA) is 43.6 Å². The van der Waals surface area contributed by atoms with Crippen molar-refractivity contribution in [1.82, 2.24) is 9.38 Å². The molecule has 0 spiro atoms. The molecule has 3 aromatic rings. The number of pyridine rings is 1. The average molecular weight is 296 g/mol. The van der Waals surface area contributed by atoms with Crippen molar-refractivity contribution in [3.05, 3.63) is 60.0 Å². The van der Waals surface area contributed by atoms with E-state index in [1.54, 1.807) is 12.3 Å². The van der Waals surface area contributed by atoms with Crippen LogP contribution in [0.25, 0.3) is 16.8 Å². The van der Waals surface area contributed by atoms with Crippen LogP contribution < -0.4 is 0 Å². The minimum atomic E-state index is -0.355. The number of hydrogen-bond acceptors (Lipinski definition) is 3. The van der Waals surface area contributed by atoms with Crippen molar-refractivity contribution in [2.24, 2.45) is 0 Å². The third-order valence-corrected chi connectivity index (χ3v) is 3.32. The first-order valence-corrected chi connectivity index (χ1v) is 7.32. The molecule has 0 aliphatic heterocycles. The molecule has 0 bridgehead atoms. The van der Waals surface area contributed by atoms with Crippen molar-refractivity contribution in [3.8, 4) is 11.1 Å². The molecule has 3 rings (SSSR count). The molecule has 4 nitrogen and oxygen atoms in total. The van der Waals surface area contributed by atoms with Crippen LogP contribution in [0, 0.1) is 6.92 Å². The van der Waals surface area contributed by atoms with E-state index in [0.717, 1.165) is 22.5 Å². The molecule has 2 heterocycles. The number of carbonyl (C=O) groups is 1. The molecule has 0 aliphatic carbocycles. The van der Waals surface area contributed by atoms with Gasteiger partial charge in [-0.05, 0) is 18.6 Å². The number of hydrogen-bond donors (Lipinski definition) is 0. The Morgan fingerprint density at radius 3 is 2.50 bits per heavy atom. The van der Waals surface area contributed by atoms with Crippen LogP contribution in [-0.2, 0) is 4.74 Å². The standard InChI is InChI=1S/C16H14N2O2.C2H6/c1-11-9-17-15-8-13(16(19)20-2)14(10-18(11)15)12-6-4-3-5-7-12;1-2/h3-10H,1-2H3;1-2H3. The number of fused-ring (bicyclic) bond motifs is 1. The van der Waals surface area contributed by atoms with E-state index in [2.05, 4.69) is 4.98 Å². The summed E-state index contributed by atoms with van der Waals surface area (Å²) in [6.45, 7) is 5.98. The van der Waals surface area contributed by atoms with Gasteiger partial charge in [0.15, 0.2) is 0 Å². The first kappa shape index (κ1) is 15.8. The highest BCUT2D eigenvalue weighted by atomic mass is 16.5. The summed E-state index contributed by atoms with van der Waals surface area (Å²) in [5.74, 6) is -0.355. The average Bonchev–Trinajstić information content (AvgIpc) is 2.96. The van der Waals surface area contributed by atoms with Crippen molar-refractivity contribution in [2.45, 2.75) is 20.8 Å². The van der Waals surface area contributed by atoms with Gasteiger partial charge in [-0.3, -0.25) is 0 Å². The third kappa shape index (κ3) is 2.86. The molecule has 0 unspecified atom stereocenters. The smallest absolute Gasteiger partial charge is 0.338 e. The van der Waals surface area contributed by atoms with Gasteiger partial charge in [0.05, 0.1) is 12.7 Å². The van der Waals surface area contributed by atoms with Crippen LogP contribution >= 0.6 is 0 Å². The van der Waals surface area contributed by atoms with Gasteiger partial charge in [0.1, 0.15) is 5.65 Å². The molecule has 0 saturated carbocycles. The van der Waals surface area contributed by atoms with Crippen LogP contribution in [-0.4, -0.2) is 22.5 Å². The lowest BCUT2D eigenvalue weighted by atomic mass is 10.0. The predicted octanol–water partition coefficient (Wildman–Crippen LogP) is 4.12. The number of rotatable bonds is 2. The van der Waals surface area contributed by atoms with Crippen LogP contribution in [0.3, 0.4) is 0 Å². The summed E-state index contributed by atoms with van der Waals surface area (Å²) in [4.78, 5) is 16.3. The molecule has 0 N–H and O–H groups in total. The molecule has 0 fully saturated rings. The van der Waals surface area contributed by atoms with E-state index in [4.69, 9.17) is 4.74 Å². The van der Waals surface area contributed by atoms with Crippen LogP contribution in [0.1, 0.15) is 29.9 Å². The highest BCUT2D eigenvalue weighted by Gasteiger charge is 2.16. The zero-order valence-corrected chi connectivity index (χ0v) is 13.3. The van der Waals surface area contributed by atoms with Gasteiger partial charge in [-0.2, -0.15) is 0 Å². The second-order valence-electron chi connectivity index (χ2n) is 4.59. The van der Waals surface area contributed by atoms with Crippen LogP contribution in [0.2, 0.25) is 0 Å². The van der Waals surface area contributed by atoms with Crippen molar-refractivity contribution in [1.29, 1.82) is 0 Å². The number of carbonyl (C=O) groups excluding carboxylic acids is 1. The molecule has 4 heteroatoms. The normalized spacial score (nSPS) is 10.0. The second kappa shape index (κ2) is 6.89. The largest absolute Gasteiger partial charge is 0.465 e. The van der Waals surface area contributed by atoms with Gasteiger partial charge < -0.3 is 9.14 Å². The third-order valence-electron chi connectivity index (χ3n) is 3.32. The molecular weight excluding hydrogens is 276 g/mol. The molecule has 114 valence electrons. The SMILES string of the molecule is CC.COC(=O)c1cc2ncc(C)n2cc1-c1ccccc1. The Morgan fingerprint density at radius 1 is 1.18 bits per heavy atom. The fraction of sp³-hybridized carbons (Fsp3) is 0.222. The maximum atomic E-state index is 12.0. The van der Waals surface area contributed by atoms with Gasteiger partial charge in [-0.15, -0.1) is 0 Å². The molecule has 0 aliphatic rings. The van der Waals surface area contributed by atoms with Gasteiger partial charge in [-0.25, -0.2) is 9.78 Å². The maximum absolute atomic E-state index is 12.0. The second-order valence-corrected chi connectivity index (χ2v) is 4.59. The molecule has 22 heavy (non-hydrogen) atoms. The lowest BCUT2D eigenvalue weighted by Gasteiger charge is -2.10. The molecule has 2 aromatic heterocycles. The Kier molecular flexibility index (Phi) is 4.94. The number of ether oxygens (including phenoxy) is 1. The molecule has 1 aromatic carbocycles. The number of methoxy groups -OCH3 is 1. The molecule has 0 atom stereocenters. The molecule has 0 radical (unpaired) electrons. The summed E-state index contributed by atoms with van der Waals surface area (Å²) in [7, 11) is 1.39. The molecular formula is C18H20N2O2. The van der Waals surface area contributed by atoms with Crippen molar-refractivity contribution < 1.29 is 9.53 Å². The zero-order chi connectivity index (χ0) is 16.1. The summed E-state index contributed by atoms with van der Waals surface area (Å²) in [6.07, 6.45) is 3.71. The molecule has 0 amide bonds. The number of aryl methyl sites for hydroxylation is 1. The number of benzene rings is 1. The number of esters is 1. The Balaban J connectivity index is 0.000000847. The van der Waals surface area contributed by atoms with Gasteiger partial charge in [0.2, 0.25) is 0 Å². The van der Waals surface area contributed by atoms with E-state index in [-0.39, 0.29) is 5.97 Å². The number of imidazole rings is 1. The Morgan fingerprint density at radius 2 is 1.86 bits per heavy atom. The number of aromatic nitrogens is 2. The van der Waals surface area contributed by atoms with Gasteiger partial charge >= 0.3 is 5.97 Å². The first-order valence-electron chi connectivity index (χ1n) is 7.32. The van der Waals surface area contributed by atoms with Crippen molar-refractivity contribution in [2.75, 3.05) is 7.11 Å². The Hall–Kier alpha value is -2.62. The minimum Gasteiger partial charge on any atom is -0.465 e.